The lowest BCUT2D eigenvalue weighted by Gasteiger charge is -2.22. The largest absolute Gasteiger partial charge is 0.330 e. The first kappa shape index (κ1) is 59.3. The Morgan fingerprint density at radius 3 is 1.06 bits per heavy atom. The van der Waals surface area contributed by atoms with E-state index < -0.39 is 0 Å². The Hall–Kier alpha value is -2.76. The van der Waals surface area contributed by atoms with Crippen LogP contribution in [0.5, 0.6) is 0 Å². The standard InChI is InChI=1S/C26H39N.C17H29N.C9H11Br.C8H19N/c1-2-3-4-5-6-13-22-27(23-14-20-25-16-9-7-10-17-25)24-15-21-26-18-11-8-12-19-26;1-2-3-4-5-6-10-15-18-16-11-14-17-12-8-7-9-13-17;10-8-4-7-9-5-2-1-3-6-9;1-2-3-4-5-6-7-8-9/h7-12,16-19H,2-6,13-15,20-24H2,1H3;7-9,12-13,18H,2-6,10-11,14-16H2,1H3;1-3,5-6H,4,7-8H2;2-9H2,1H3. The average Bonchev–Trinajstić information content (AvgIpc) is 3.34. The fraction of sp³-hybridized carbons (Fsp3) is 0.600. The van der Waals surface area contributed by atoms with E-state index in [1.807, 2.05) is 0 Å². The molecule has 4 heteroatoms. The molecular weight excluding hydrogens is 843 g/mol. The molecule has 0 aromatic heterocycles. The lowest BCUT2D eigenvalue weighted by atomic mass is 10.1. The van der Waals surface area contributed by atoms with Gasteiger partial charge in [0.25, 0.3) is 0 Å². The zero-order valence-electron chi connectivity index (χ0n) is 41.8. The second kappa shape index (κ2) is 48.2. The highest BCUT2D eigenvalue weighted by Gasteiger charge is 2.06. The molecule has 360 valence electrons. The molecule has 0 fully saturated rings. The van der Waals surface area contributed by atoms with Crippen LogP contribution in [-0.4, -0.2) is 49.5 Å². The summed E-state index contributed by atoms with van der Waals surface area (Å²) < 4.78 is 0. The number of alkyl halides is 1. The molecule has 0 radical (unpaired) electrons. The SMILES string of the molecule is BrCCCc1ccccc1.CCCCCCCCN.CCCCCCCCN(CCCc1ccccc1)CCCc1ccccc1.CCCCCCCCNCCCc1ccccc1. The molecular formula is C60H98BrN3. The van der Waals surface area contributed by atoms with Crippen molar-refractivity contribution in [1.82, 2.24) is 10.2 Å². The van der Waals surface area contributed by atoms with Gasteiger partial charge >= 0.3 is 0 Å². The first-order valence-electron chi connectivity index (χ1n) is 26.5. The van der Waals surface area contributed by atoms with E-state index >= 15 is 0 Å². The lowest BCUT2D eigenvalue weighted by molar-refractivity contribution is 0.260. The molecule has 0 aliphatic rings. The van der Waals surface area contributed by atoms with E-state index in [-0.39, 0.29) is 0 Å². The minimum Gasteiger partial charge on any atom is -0.330 e. The first-order valence-corrected chi connectivity index (χ1v) is 27.6. The van der Waals surface area contributed by atoms with Crippen LogP contribution >= 0.6 is 15.9 Å². The average molecular weight is 941 g/mol. The smallest absolute Gasteiger partial charge is 0.00344 e. The van der Waals surface area contributed by atoms with Gasteiger partial charge in [0, 0.05) is 5.33 Å². The highest BCUT2D eigenvalue weighted by atomic mass is 79.9. The predicted octanol–water partition coefficient (Wildman–Crippen LogP) is 16.8. The second-order valence-electron chi connectivity index (χ2n) is 17.7. The van der Waals surface area contributed by atoms with Crippen molar-refractivity contribution in [3.8, 4) is 0 Å². The van der Waals surface area contributed by atoms with Gasteiger partial charge in [-0.15, -0.1) is 0 Å². The van der Waals surface area contributed by atoms with Crippen LogP contribution < -0.4 is 11.1 Å². The fourth-order valence-corrected chi connectivity index (χ4v) is 8.09. The fourth-order valence-electron chi connectivity index (χ4n) is 7.81. The van der Waals surface area contributed by atoms with Gasteiger partial charge in [-0.1, -0.05) is 254 Å². The molecule has 0 aliphatic carbocycles. The van der Waals surface area contributed by atoms with E-state index in [1.165, 1.54) is 215 Å². The van der Waals surface area contributed by atoms with Gasteiger partial charge in [0.2, 0.25) is 0 Å². The lowest BCUT2D eigenvalue weighted by Crippen LogP contribution is -2.28. The number of nitrogens with zero attached hydrogens (tertiary/aromatic N) is 1. The predicted molar refractivity (Wildman–Crippen MR) is 291 cm³/mol. The Morgan fingerprint density at radius 2 is 0.672 bits per heavy atom. The quantitative estimate of drug-likeness (QED) is 0.0357. The Balaban J connectivity index is 0.000000473. The van der Waals surface area contributed by atoms with Crippen LogP contribution in [0.15, 0.2) is 121 Å². The van der Waals surface area contributed by atoms with Crippen LogP contribution in [0.3, 0.4) is 0 Å². The van der Waals surface area contributed by atoms with Crippen LogP contribution in [-0.2, 0) is 25.7 Å². The molecule has 4 aromatic rings. The Morgan fingerprint density at radius 1 is 0.359 bits per heavy atom. The third-order valence-electron chi connectivity index (χ3n) is 11.8. The number of hydrogen-bond acceptors (Lipinski definition) is 3. The topological polar surface area (TPSA) is 41.3 Å². The second-order valence-corrected chi connectivity index (χ2v) is 18.5. The Kier molecular flexibility index (Phi) is 44.6. The Labute approximate surface area is 405 Å². The maximum atomic E-state index is 5.34. The van der Waals surface area contributed by atoms with Crippen molar-refractivity contribution >= 4 is 15.9 Å². The van der Waals surface area contributed by atoms with Crippen molar-refractivity contribution in [3.63, 3.8) is 0 Å². The van der Waals surface area contributed by atoms with Crippen molar-refractivity contribution in [1.29, 1.82) is 0 Å². The molecule has 4 aromatic carbocycles. The molecule has 3 nitrogen and oxygen atoms in total. The normalized spacial score (nSPS) is 10.7. The van der Waals surface area contributed by atoms with Gasteiger partial charge in [0.05, 0.1) is 0 Å². The summed E-state index contributed by atoms with van der Waals surface area (Å²) in [6.07, 6.45) is 34.5. The van der Waals surface area contributed by atoms with E-state index in [9.17, 15) is 0 Å². The van der Waals surface area contributed by atoms with Crippen molar-refractivity contribution in [2.45, 2.75) is 188 Å². The summed E-state index contributed by atoms with van der Waals surface area (Å²) in [5.74, 6) is 0. The van der Waals surface area contributed by atoms with Gasteiger partial charge < -0.3 is 16.0 Å². The van der Waals surface area contributed by atoms with E-state index in [0.29, 0.717) is 0 Å². The number of nitrogens with two attached hydrogens (primary N) is 1. The van der Waals surface area contributed by atoms with Gasteiger partial charge in [-0.2, -0.15) is 0 Å². The van der Waals surface area contributed by atoms with Crippen LogP contribution in [0.1, 0.15) is 184 Å². The molecule has 0 bridgehead atoms. The summed E-state index contributed by atoms with van der Waals surface area (Å²) in [6, 6.07) is 43.2. The summed E-state index contributed by atoms with van der Waals surface area (Å²) in [5.41, 5.74) is 11.2. The molecule has 0 heterocycles. The molecule has 0 unspecified atom stereocenters. The van der Waals surface area contributed by atoms with Gasteiger partial charge in [0.1, 0.15) is 0 Å². The molecule has 0 saturated heterocycles. The van der Waals surface area contributed by atoms with E-state index in [2.05, 4.69) is 168 Å². The summed E-state index contributed by atoms with van der Waals surface area (Å²) in [7, 11) is 0. The number of halogens is 1. The summed E-state index contributed by atoms with van der Waals surface area (Å²) >= 11 is 3.41. The molecule has 0 atom stereocenters. The number of hydrogen-bond donors (Lipinski definition) is 2. The first-order chi connectivity index (χ1) is 31.7. The number of unbranched alkanes of at least 4 members (excludes halogenated alkanes) is 15. The minimum absolute atomic E-state index is 0.867. The molecule has 3 N–H and O–H groups in total. The third kappa shape index (κ3) is 39.6. The van der Waals surface area contributed by atoms with Crippen molar-refractivity contribution in [3.05, 3.63) is 144 Å². The van der Waals surface area contributed by atoms with Gasteiger partial charge in [-0.3, -0.25) is 0 Å². The zero-order chi connectivity index (χ0) is 46.1. The number of rotatable bonds is 35. The summed E-state index contributed by atoms with van der Waals surface area (Å²) in [4.78, 5) is 2.71. The molecule has 0 aliphatic heterocycles. The van der Waals surface area contributed by atoms with Gasteiger partial charge in [-0.25, -0.2) is 0 Å². The van der Waals surface area contributed by atoms with Gasteiger partial charge in [0.15, 0.2) is 0 Å². The highest BCUT2D eigenvalue weighted by molar-refractivity contribution is 9.09. The Bertz CT molecular complexity index is 1380. The monoisotopic (exact) mass is 940 g/mol. The number of aryl methyl sites for hydroxylation is 4. The minimum atomic E-state index is 0.867. The zero-order valence-corrected chi connectivity index (χ0v) is 43.4. The molecule has 4 rings (SSSR count). The van der Waals surface area contributed by atoms with Crippen LogP contribution in [0.2, 0.25) is 0 Å². The van der Waals surface area contributed by atoms with E-state index in [4.69, 9.17) is 5.73 Å². The van der Waals surface area contributed by atoms with Crippen molar-refractivity contribution in [2.75, 3.05) is 44.6 Å². The maximum absolute atomic E-state index is 5.34. The third-order valence-corrected chi connectivity index (χ3v) is 12.3. The highest BCUT2D eigenvalue weighted by Crippen LogP contribution is 2.11. The number of nitrogens with one attached hydrogen (secondary N) is 1. The van der Waals surface area contributed by atoms with Crippen LogP contribution in [0.25, 0.3) is 0 Å². The van der Waals surface area contributed by atoms with Crippen molar-refractivity contribution in [2.24, 2.45) is 5.73 Å². The van der Waals surface area contributed by atoms with Crippen LogP contribution in [0.4, 0.5) is 0 Å². The van der Waals surface area contributed by atoms with E-state index in [1.54, 1.807) is 0 Å². The van der Waals surface area contributed by atoms with E-state index in [0.717, 1.165) is 18.4 Å². The summed E-state index contributed by atoms with van der Waals surface area (Å²) in [5, 5.41) is 4.65. The van der Waals surface area contributed by atoms with Crippen molar-refractivity contribution < 1.29 is 0 Å². The molecule has 0 spiro atoms. The molecule has 64 heavy (non-hydrogen) atoms. The number of benzene rings is 4. The molecule has 0 amide bonds. The van der Waals surface area contributed by atoms with Gasteiger partial charge in [-0.05, 0) is 132 Å². The summed E-state index contributed by atoms with van der Waals surface area (Å²) in [6.45, 7) is 13.8. The van der Waals surface area contributed by atoms with Crippen LogP contribution in [0, 0.1) is 0 Å². The molecule has 0 saturated carbocycles. The maximum Gasteiger partial charge on any atom is 0.00344 e.